The quantitative estimate of drug-likeness (QED) is 0.636. The Balaban J connectivity index is 1.80. The Morgan fingerprint density at radius 1 is 1.11 bits per heavy atom. The Labute approximate surface area is 158 Å². The van der Waals surface area contributed by atoms with Gasteiger partial charge in [-0.15, -0.1) is 0 Å². The number of carboxylic acids is 1. The fourth-order valence-corrected chi connectivity index (χ4v) is 2.91. The zero-order valence-electron chi connectivity index (χ0n) is 14.7. The van der Waals surface area contributed by atoms with Crippen molar-refractivity contribution in [2.24, 2.45) is 5.92 Å². The number of carboxylic acid groups (broad SMARTS) is 1. The van der Waals surface area contributed by atoms with E-state index in [2.05, 4.69) is 4.98 Å². The molecule has 1 saturated carbocycles. The Morgan fingerprint density at radius 2 is 1.82 bits per heavy atom. The number of alkyl halides is 3. The minimum absolute atomic E-state index is 0.0880. The summed E-state index contributed by atoms with van der Waals surface area (Å²) in [6.07, 6.45) is -2.23. The first-order valence-electron chi connectivity index (χ1n) is 8.80. The zero-order valence-corrected chi connectivity index (χ0v) is 14.7. The maximum Gasteiger partial charge on any atom is 0.416 e. The standard InChI is InChI=1S/C21H16F3NO3/c22-21(23,24)16-7-5-13(6-8-16)19-18(28-11-12-1-2-12)10-14-3-4-15(20(26)27)9-17(14)25-19/h3-10,12H,1-2,11H2,(H,26,27). The van der Waals surface area contributed by atoms with Crippen LogP contribution in [0.3, 0.4) is 0 Å². The highest BCUT2D eigenvalue weighted by atomic mass is 19.4. The molecule has 4 nitrogen and oxygen atoms in total. The van der Waals surface area contributed by atoms with Gasteiger partial charge in [-0.05, 0) is 49.1 Å². The number of nitrogens with zero attached hydrogens (tertiary/aromatic N) is 1. The summed E-state index contributed by atoms with van der Waals surface area (Å²) in [4.78, 5) is 15.7. The van der Waals surface area contributed by atoms with Crippen LogP contribution >= 0.6 is 0 Å². The monoisotopic (exact) mass is 387 g/mol. The summed E-state index contributed by atoms with van der Waals surface area (Å²) < 4.78 is 44.4. The van der Waals surface area contributed by atoms with Crippen molar-refractivity contribution in [1.29, 1.82) is 0 Å². The first-order valence-corrected chi connectivity index (χ1v) is 8.80. The largest absolute Gasteiger partial charge is 0.491 e. The van der Waals surface area contributed by atoms with Gasteiger partial charge in [0.2, 0.25) is 0 Å². The van der Waals surface area contributed by atoms with Gasteiger partial charge < -0.3 is 9.84 Å². The molecule has 0 atom stereocenters. The van der Waals surface area contributed by atoms with Crippen LogP contribution in [0.5, 0.6) is 5.75 Å². The Bertz CT molecular complexity index is 1040. The lowest BCUT2D eigenvalue weighted by molar-refractivity contribution is -0.137. The Hall–Kier alpha value is -3.09. The molecule has 4 rings (SSSR count). The van der Waals surface area contributed by atoms with Crippen LogP contribution in [-0.4, -0.2) is 22.7 Å². The van der Waals surface area contributed by atoms with E-state index in [0.717, 1.165) is 25.0 Å². The zero-order chi connectivity index (χ0) is 19.9. The first kappa shape index (κ1) is 18.3. The number of pyridine rings is 1. The van der Waals surface area contributed by atoms with E-state index < -0.39 is 17.7 Å². The fourth-order valence-electron chi connectivity index (χ4n) is 2.91. The van der Waals surface area contributed by atoms with E-state index in [1.54, 1.807) is 12.1 Å². The molecular weight excluding hydrogens is 371 g/mol. The molecule has 7 heteroatoms. The normalized spacial score (nSPS) is 14.2. The molecule has 1 heterocycles. The summed E-state index contributed by atoms with van der Waals surface area (Å²) in [6.45, 7) is 0.522. The molecule has 1 aliphatic carbocycles. The van der Waals surface area contributed by atoms with Gasteiger partial charge >= 0.3 is 12.1 Å². The lowest BCUT2D eigenvalue weighted by atomic mass is 10.0. The van der Waals surface area contributed by atoms with Gasteiger partial charge in [0.05, 0.1) is 23.3 Å². The summed E-state index contributed by atoms with van der Waals surface area (Å²) in [6, 6.07) is 11.0. The SMILES string of the molecule is O=C(O)c1ccc2cc(OCC3CC3)c(-c3ccc(C(F)(F)F)cc3)nc2c1. The summed E-state index contributed by atoms with van der Waals surface area (Å²) in [5.74, 6) is -0.110. The van der Waals surface area contributed by atoms with E-state index in [0.29, 0.717) is 40.4 Å². The molecule has 1 fully saturated rings. The molecule has 3 aromatic rings. The lowest BCUT2D eigenvalue weighted by Crippen LogP contribution is -2.05. The highest BCUT2D eigenvalue weighted by Gasteiger charge is 2.30. The van der Waals surface area contributed by atoms with Crippen LogP contribution in [0.15, 0.2) is 48.5 Å². The fraction of sp³-hybridized carbons (Fsp3) is 0.238. The van der Waals surface area contributed by atoms with E-state index >= 15 is 0 Å². The van der Waals surface area contributed by atoms with Crippen molar-refractivity contribution in [2.45, 2.75) is 19.0 Å². The van der Waals surface area contributed by atoms with Crippen molar-refractivity contribution in [3.05, 3.63) is 59.7 Å². The van der Waals surface area contributed by atoms with Crippen LogP contribution in [0, 0.1) is 5.92 Å². The van der Waals surface area contributed by atoms with Crippen molar-refractivity contribution in [3.8, 4) is 17.0 Å². The molecular formula is C21H16F3NO3. The molecule has 0 radical (unpaired) electrons. The van der Waals surface area contributed by atoms with Crippen molar-refractivity contribution in [1.82, 2.24) is 4.98 Å². The Kier molecular flexibility index (Phi) is 4.45. The summed E-state index contributed by atoms with van der Waals surface area (Å²) in [7, 11) is 0. The van der Waals surface area contributed by atoms with E-state index in [9.17, 15) is 23.1 Å². The molecule has 2 aromatic carbocycles. The molecule has 1 aliphatic rings. The molecule has 0 bridgehead atoms. The number of aromatic carboxylic acids is 1. The molecule has 144 valence electrons. The molecule has 1 N–H and O–H groups in total. The number of halogens is 3. The molecule has 1 aromatic heterocycles. The van der Waals surface area contributed by atoms with Crippen molar-refractivity contribution >= 4 is 16.9 Å². The second-order valence-corrected chi connectivity index (χ2v) is 6.88. The van der Waals surface area contributed by atoms with Gasteiger partial charge in [-0.2, -0.15) is 13.2 Å². The minimum Gasteiger partial charge on any atom is -0.491 e. The van der Waals surface area contributed by atoms with Gasteiger partial charge in [0.25, 0.3) is 0 Å². The van der Waals surface area contributed by atoms with E-state index in [4.69, 9.17) is 4.74 Å². The van der Waals surface area contributed by atoms with E-state index in [1.165, 1.54) is 24.3 Å². The third kappa shape index (κ3) is 3.78. The maximum absolute atomic E-state index is 12.9. The smallest absolute Gasteiger partial charge is 0.416 e. The number of carbonyl (C=O) groups is 1. The highest BCUT2D eigenvalue weighted by Crippen LogP contribution is 2.36. The lowest BCUT2D eigenvalue weighted by Gasteiger charge is -2.13. The Morgan fingerprint density at radius 3 is 2.43 bits per heavy atom. The van der Waals surface area contributed by atoms with Crippen LogP contribution in [0.2, 0.25) is 0 Å². The molecule has 28 heavy (non-hydrogen) atoms. The van der Waals surface area contributed by atoms with Crippen molar-refractivity contribution in [3.63, 3.8) is 0 Å². The maximum atomic E-state index is 12.9. The van der Waals surface area contributed by atoms with E-state index in [-0.39, 0.29) is 5.56 Å². The van der Waals surface area contributed by atoms with Crippen LogP contribution < -0.4 is 4.74 Å². The average molecular weight is 387 g/mol. The first-order chi connectivity index (χ1) is 13.3. The van der Waals surface area contributed by atoms with Crippen LogP contribution in [0.4, 0.5) is 13.2 Å². The van der Waals surface area contributed by atoms with Gasteiger partial charge in [-0.25, -0.2) is 9.78 Å². The number of fused-ring (bicyclic) bond motifs is 1. The van der Waals surface area contributed by atoms with Gasteiger partial charge in [0.1, 0.15) is 11.4 Å². The van der Waals surface area contributed by atoms with Gasteiger partial charge in [0, 0.05) is 10.9 Å². The third-order valence-corrected chi connectivity index (χ3v) is 4.69. The van der Waals surface area contributed by atoms with Gasteiger partial charge in [-0.3, -0.25) is 0 Å². The van der Waals surface area contributed by atoms with Crippen LogP contribution in [0.25, 0.3) is 22.2 Å². The average Bonchev–Trinajstić information content (AvgIpc) is 3.49. The van der Waals surface area contributed by atoms with E-state index in [1.807, 2.05) is 0 Å². The second kappa shape index (κ2) is 6.82. The number of hydrogen-bond donors (Lipinski definition) is 1. The molecule has 0 saturated heterocycles. The number of aromatic nitrogens is 1. The highest BCUT2D eigenvalue weighted by molar-refractivity contribution is 5.94. The summed E-state index contributed by atoms with van der Waals surface area (Å²) in [5, 5.41) is 9.89. The number of ether oxygens (including phenoxy) is 1. The predicted molar refractivity (Wildman–Crippen MR) is 97.4 cm³/mol. The van der Waals surface area contributed by atoms with Crippen LogP contribution in [0.1, 0.15) is 28.8 Å². The van der Waals surface area contributed by atoms with Crippen molar-refractivity contribution < 1.29 is 27.8 Å². The molecule has 0 amide bonds. The number of benzene rings is 2. The topological polar surface area (TPSA) is 59.4 Å². The number of hydrogen-bond acceptors (Lipinski definition) is 3. The molecule has 0 aliphatic heterocycles. The van der Waals surface area contributed by atoms with Gasteiger partial charge in [-0.1, -0.05) is 18.2 Å². The molecule has 0 spiro atoms. The molecule has 0 unspecified atom stereocenters. The summed E-state index contributed by atoms with van der Waals surface area (Å²) >= 11 is 0. The third-order valence-electron chi connectivity index (χ3n) is 4.69. The van der Waals surface area contributed by atoms with Crippen molar-refractivity contribution in [2.75, 3.05) is 6.61 Å². The second-order valence-electron chi connectivity index (χ2n) is 6.88. The summed E-state index contributed by atoms with van der Waals surface area (Å²) in [5.41, 5.74) is 0.648. The minimum atomic E-state index is -4.42. The number of rotatable bonds is 5. The van der Waals surface area contributed by atoms with Crippen LogP contribution in [-0.2, 0) is 6.18 Å². The van der Waals surface area contributed by atoms with Gasteiger partial charge in [0.15, 0.2) is 0 Å². The predicted octanol–water partition coefficient (Wildman–Crippen LogP) is 5.41.